The number of hydrogen-bond acceptors (Lipinski definition) is 2. The largest absolute Gasteiger partial charge is 0.498 e. The van der Waals surface area contributed by atoms with E-state index in [1.54, 1.807) is 7.11 Å². The van der Waals surface area contributed by atoms with E-state index in [1.165, 1.54) is 21.7 Å². The number of nitrogens with one attached hydrogen (secondary N) is 1. The van der Waals surface area contributed by atoms with Crippen LogP contribution in [0.15, 0.2) is 18.3 Å². The zero-order valence-electron chi connectivity index (χ0n) is 11.1. The average molecular weight is 234 g/mol. The van der Waals surface area contributed by atoms with Gasteiger partial charge in [-0.05, 0) is 17.0 Å². The maximum Gasteiger partial charge on any atom is 0.145 e. The number of H-pyrrole nitrogens is 1. The van der Waals surface area contributed by atoms with Crippen LogP contribution in [0.25, 0.3) is 21.9 Å². The van der Waals surface area contributed by atoms with Crippen molar-refractivity contribution < 1.29 is 4.74 Å². The van der Waals surface area contributed by atoms with Crippen LogP contribution in [-0.4, -0.2) is 40.6 Å². The maximum atomic E-state index is 5.50. The predicted octanol–water partition coefficient (Wildman–Crippen LogP) is -2.50. The Morgan fingerprint density at radius 1 is 1.22 bits per heavy atom. The highest BCUT2D eigenvalue weighted by atomic mass is 16.5. The van der Waals surface area contributed by atoms with Crippen LogP contribution in [0.1, 0.15) is 0 Å². The van der Waals surface area contributed by atoms with E-state index < -0.39 is 0 Å². The lowest BCUT2D eigenvalue weighted by Crippen LogP contribution is -2.19. The lowest BCUT2D eigenvalue weighted by atomic mass is 9.82. The Bertz CT molecular complexity index is 767. The van der Waals surface area contributed by atoms with Crippen LogP contribution in [0.3, 0.4) is 0 Å². The summed E-state index contributed by atoms with van der Waals surface area (Å²) in [6, 6.07) is 4.29. The Hall–Kier alpha value is -1.84. The summed E-state index contributed by atoms with van der Waals surface area (Å²) in [6.07, 6.45) is 1.89. The molecule has 0 radical (unpaired) electrons. The van der Waals surface area contributed by atoms with Crippen LogP contribution < -0.4 is 21.1 Å². The first-order valence-electron chi connectivity index (χ1n) is 6.04. The molecule has 0 aliphatic carbocycles. The van der Waals surface area contributed by atoms with Crippen molar-refractivity contribution in [1.82, 2.24) is 9.97 Å². The molecule has 86 valence electrons. The molecule has 0 amide bonds. The molecule has 3 rings (SSSR count). The lowest BCUT2D eigenvalue weighted by Gasteiger charge is -2.10. The smallest absolute Gasteiger partial charge is 0.145 e. The van der Waals surface area contributed by atoms with Crippen molar-refractivity contribution in [3.63, 3.8) is 0 Å². The standard InChI is InChI=1S/C12H13B3N2O/c1-18-11-7(14)3-8-9(10(11)15)6-2-5(13)4-16-12(6)17-8/h2-4H,13-15H2,1H3,(H,16,17). The molecule has 0 aliphatic rings. The molecule has 6 heteroatoms. The van der Waals surface area contributed by atoms with Crippen LogP contribution in [0.4, 0.5) is 0 Å². The van der Waals surface area contributed by atoms with E-state index in [0.717, 1.165) is 22.4 Å². The number of aromatic amines is 1. The van der Waals surface area contributed by atoms with Crippen molar-refractivity contribution in [2.24, 2.45) is 0 Å². The molecule has 2 aromatic heterocycles. The van der Waals surface area contributed by atoms with Crippen molar-refractivity contribution in [2.75, 3.05) is 7.11 Å². The highest BCUT2D eigenvalue weighted by Crippen LogP contribution is 2.23. The number of nitrogens with zero attached hydrogens (tertiary/aromatic N) is 1. The first-order valence-corrected chi connectivity index (χ1v) is 6.04. The first-order chi connectivity index (χ1) is 8.61. The zero-order valence-corrected chi connectivity index (χ0v) is 11.1. The summed E-state index contributed by atoms with van der Waals surface area (Å²) in [5.74, 6) is 0.963. The fourth-order valence-electron chi connectivity index (χ4n) is 2.71. The molecular weight excluding hydrogens is 221 g/mol. The van der Waals surface area contributed by atoms with Crippen LogP contribution >= 0.6 is 0 Å². The van der Waals surface area contributed by atoms with E-state index in [9.17, 15) is 0 Å². The Kier molecular flexibility index (Phi) is 2.40. The topological polar surface area (TPSA) is 37.9 Å². The fourth-order valence-corrected chi connectivity index (χ4v) is 2.71. The predicted molar refractivity (Wildman–Crippen MR) is 84.7 cm³/mol. The molecule has 1 N–H and O–H groups in total. The number of hydrogen-bond donors (Lipinski definition) is 1. The van der Waals surface area contributed by atoms with E-state index in [-0.39, 0.29) is 0 Å². The Labute approximate surface area is 108 Å². The van der Waals surface area contributed by atoms with E-state index in [0.29, 0.717) is 0 Å². The number of benzene rings is 1. The molecule has 3 nitrogen and oxygen atoms in total. The summed E-state index contributed by atoms with van der Waals surface area (Å²) in [7, 11) is 7.95. The summed E-state index contributed by atoms with van der Waals surface area (Å²) in [6.45, 7) is 0. The highest BCUT2D eigenvalue weighted by molar-refractivity contribution is 6.48. The van der Waals surface area contributed by atoms with Crippen molar-refractivity contribution in [1.29, 1.82) is 0 Å². The van der Waals surface area contributed by atoms with Gasteiger partial charge in [0.2, 0.25) is 0 Å². The van der Waals surface area contributed by atoms with E-state index >= 15 is 0 Å². The minimum atomic E-state index is 0.936. The number of fused-ring (bicyclic) bond motifs is 3. The maximum absolute atomic E-state index is 5.50. The summed E-state index contributed by atoms with van der Waals surface area (Å²) in [5.41, 5.74) is 5.55. The Morgan fingerprint density at radius 3 is 2.72 bits per heavy atom. The Balaban J connectivity index is 2.54. The fraction of sp³-hybridized carbons (Fsp3) is 0.0833. The molecule has 0 aliphatic heterocycles. The second kappa shape index (κ2) is 3.84. The van der Waals surface area contributed by atoms with Gasteiger partial charge in [-0.1, -0.05) is 11.5 Å². The molecule has 0 spiro atoms. The molecular formula is C12H13B3N2O. The third-order valence-electron chi connectivity index (χ3n) is 3.45. The van der Waals surface area contributed by atoms with Gasteiger partial charge in [-0.2, -0.15) is 0 Å². The zero-order chi connectivity index (χ0) is 12.9. The highest BCUT2D eigenvalue weighted by Gasteiger charge is 2.13. The molecule has 0 bridgehead atoms. The minimum absolute atomic E-state index is 0.936. The van der Waals surface area contributed by atoms with Crippen molar-refractivity contribution >= 4 is 61.9 Å². The quantitative estimate of drug-likeness (QED) is 0.472. The number of ether oxygens (including phenoxy) is 1. The van der Waals surface area contributed by atoms with Gasteiger partial charge in [0.15, 0.2) is 0 Å². The molecule has 0 unspecified atom stereocenters. The average Bonchev–Trinajstić information content (AvgIpc) is 2.66. The SMILES string of the molecule is Bc1cnc2[nH]c3cc(B)c(OC)c(B)c3c2c1. The van der Waals surface area contributed by atoms with Crippen molar-refractivity contribution in [3.8, 4) is 5.75 Å². The summed E-state index contributed by atoms with van der Waals surface area (Å²) < 4.78 is 5.50. The van der Waals surface area contributed by atoms with E-state index in [1.807, 2.05) is 6.20 Å². The second-order valence-corrected chi connectivity index (χ2v) is 4.81. The van der Waals surface area contributed by atoms with Crippen LogP contribution in [-0.2, 0) is 0 Å². The normalized spacial score (nSPS) is 11.2. The molecule has 0 atom stereocenters. The van der Waals surface area contributed by atoms with Gasteiger partial charge in [0.05, 0.1) is 7.11 Å². The van der Waals surface area contributed by atoms with Gasteiger partial charge in [0, 0.05) is 22.5 Å². The lowest BCUT2D eigenvalue weighted by molar-refractivity contribution is 0.422. The van der Waals surface area contributed by atoms with Crippen molar-refractivity contribution in [3.05, 3.63) is 18.3 Å². The van der Waals surface area contributed by atoms with Gasteiger partial charge in [0.1, 0.15) is 34.9 Å². The molecule has 0 fully saturated rings. The summed E-state index contributed by atoms with van der Waals surface area (Å²) >= 11 is 0. The van der Waals surface area contributed by atoms with Gasteiger partial charge in [-0.25, -0.2) is 4.98 Å². The van der Waals surface area contributed by atoms with Gasteiger partial charge in [-0.15, -0.1) is 0 Å². The van der Waals surface area contributed by atoms with Gasteiger partial charge >= 0.3 is 0 Å². The van der Waals surface area contributed by atoms with Gasteiger partial charge in [0.25, 0.3) is 0 Å². The third-order valence-corrected chi connectivity index (χ3v) is 3.45. The van der Waals surface area contributed by atoms with Crippen LogP contribution in [0.2, 0.25) is 0 Å². The van der Waals surface area contributed by atoms with E-state index in [4.69, 9.17) is 4.74 Å². The number of rotatable bonds is 1. The minimum Gasteiger partial charge on any atom is -0.498 e. The summed E-state index contributed by atoms with van der Waals surface area (Å²) in [4.78, 5) is 7.82. The van der Waals surface area contributed by atoms with Gasteiger partial charge in [-0.3, -0.25) is 0 Å². The van der Waals surface area contributed by atoms with Crippen LogP contribution in [0.5, 0.6) is 5.75 Å². The molecule has 0 saturated heterocycles. The molecule has 3 aromatic rings. The van der Waals surface area contributed by atoms with E-state index in [2.05, 4.69) is 45.6 Å². The number of methoxy groups -OCH3 is 1. The number of aromatic nitrogens is 2. The van der Waals surface area contributed by atoms with Crippen LogP contribution in [0, 0.1) is 0 Å². The monoisotopic (exact) mass is 234 g/mol. The molecule has 1 aromatic carbocycles. The molecule has 2 heterocycles. The summed E-state index contributed by atoms with van der Waals surface area (Å²) in [5, 5.41) is 2.38. The van der Waals surface area contributed by atoms with Crippen molar-refractivity contribution in [2.45, 2.75) is 0 Å². The second-order valence-electron chi connectivity index (χ2n) is 4.81. The third kappa shape index (κ3) is 1.45. The molecule has 0 saturated carbocycles. The Morgan fingerprint density at radius 2 is 2.00 bits per heavy atom. The molecule has 18 heavy (non-hydrogen) atoms. The van der Waals surface area contributed by atoms with Gasteiger partial charge < -0.3 is 9.72 Å². The number of pyridine rings is 1. The first kappa shape index (κ1) is 11.3.